The number of hydrogen-bond donors (Lipinski definition) is 0. The van der Waals surface area contributed by atoms with Crippen LogP contribution in [0, 0.1) is 24.0 Å². The SMILES string of the molecule is CSc1ccc(CN(C)S(=O)(=O)c2cc([N+](=O)[O-])cc(C)c2C)cc1. The fourth-order valence-electron chi connectivity index (χ4n) is 2.42. The zero-order valence-electron chi connectivity index (χ0n) is 14.5. The third kappa shape index (κ3) is 4.20. The predicted octanol–water partition coefficient (Wildman–Crippen LogP) is 3.75. The molecule has 0 aromatic heterocycles. The lowest BCUT2D eigenvalue weighted by atomic mass is 10.1. The summed E-state index contributed by atoms with van der Waals surface area (Å²) in [6.07, 6.45) is 1.97. The molecule has 0 heterocycles. The summed E-state index contributed by atoms with van der Waals surface area (Å²) in [6.45, 7) is 3.52. The van der Waals surface area contributed by atoms with E-state index < -0.39 is 14.9 Å². The van der Waals surface area contributed by atoms with Crippen molar-refractivity contribution in [2.75, 3.05) is 13.3 Å². The number of rotatable bonds is 6. The van der Waals surface area contributed by atoms with Crippen LogP contribution in [0.25, 0.3) is 0 Å². The molecule has 0 aliphatic rings. The smallest absolute Gasteiger partial charge is 0.258 e. The van der Waals surface area contributed by atoms with Gasteiger partial charge in [-0.25, -0.2) is 8.42 Å². The molecule has 0 radical (unpaired) electrons. The Kier molecular flexibility index (Phi) is 5.87. The Labute approximate surface area is 152 Å². The van der Waals surface area contributed by atoms with Crippen molar-refractivity contribution in [1.29, 1.82) is 0 Å². The first-order chi connectivity index (χ1) is 11.7. The number of nitrogens with zero attached hydrogens (tertiary/aromatic N) is 2. The minimum atomic E-state index is -3.84. The van der Waals surface area contributed by atoms with Crippen LogP contribution in [-0.2, 0) is 16.6 Å². The first kappa shape index (κ1) is 19.4. The average molecular weight is 380 g/mol. The summed E-state index contributed by atoms with van der Waals surface area (Å²) in [4.78, 5) is 11.6. The third-order valence-corrected chi connectivity index (χ3v) is 6.74. The summed E-state index contributed by atoms with van der Waals surface area (Å²) >= 11 is 1.61. The van der Waals surface area contributed by atoms with Gasteiger partial charge in [0.1, 0.15) is 0 Å². The Hall–Kier alpha value is -1.90. The molecule has 2 aromatic rings. The standard InChI is InChI=1S/C17H20N2O4S2/c1-12-9-15(19(20)21)10-17(13(12)2)25(22,23)18(3)11-14-5-7-16(24-4)8-6-14/h5-10H,11H2,1-4H3. The molecular formula is C17H20N2O4S2. The van der Waals surface area contributed by atoms with Gasteiger partial charge in [-0.05, 0) is 48.9 Å². The zero-order valence-corrected chi connectivity index (χ0v) is 16.1. The van der Waals surface area contributed by atoms with Crippen molar-refractivity contribution in [3.05, 3.63) is 63.2 Å². The number of benzene rings is 2. The highest BCUT2D eigenvalue weighted by molar-refractivity contribution is 7.98. The van der Waals surface area contributed by atoms with Crippen LogP contribution in [0.2, 0.25) is 0 Å². The van der Waals surface area contributed by atoms with Crippen LogP contribution in [0.3, 0.4) is 0 Å². The molecule has 2 rings (SSSR count). The highest BCUT2D eigenvalue weighted by Crippen LogP contribution is 2.28. The van der Waals surface area contributed by atoms with Crippen LogP contribution in [0.1, 0.15) is 16.7 Å². The second-order valence-electron chi connectivity index (χ2n) is 5.75. The van der Waals surface area contributed by atoms with Crippen molar-refractivity contribution in [1.82, 2.24) is 4.31 Å². The van der Waals surface area contributed by atoms with Crippen LogP contribution in [0.4, 0.5) is 5.69 Å². The van der Waals surface area contributed by atoms with Crippen molar-refractivity contribution < 1.29 is 13.3 Å². The van der Waals surface area contributed by atoms with E-state index >= 15 is 0 Å². The van der Waals surface area contributed by atoms with Crippen LogP contribution in [-0.4, -0.2) is 30.9 Å². The predicted molar refractivity (Wildman–Crippen MR) is 99.4 cm³/mol. The van der Waals surface area contributed by atoms with Gasteiger partial charge in [0, 0.05) is 30.6 Å². The Morgan fingerprint density at radius 1 is 1.16 bits per heavy atom. The molecular weight excluding hydrogens is 360 g/mol. The summed E-state index contributed by atoms with van der Waals surface area (Å²) < 4.78 is 27.0. The number of nitro benzene ring substituents is 1. The quantitative estimate of drug-likeness (QED) is 0.433. The Morgan fingerprint density at radius 2 is 1.76 bits per heavy atom. The Bertz CT molecular complexity index is 894. The highest BCUT2D eigenvalue weighted by Gasteiger charge is 2.26. The van der Waals surface area contributed by atoms with Gasteiger partial charge in [0.05, 0.1) is 9.82 Å². The third-order valence-electron chi connectivity index (χ3n) is 4.07. The molecule has 25 heavy (non-hydrogen) atoms. The first-order valence-corrected chi connectivity index (χ1v) is 10.2. The van der Waals surface area contributed by atoms with Crippen molar-refractivity contribution in [2.24, 2.45) is 0 Å². The highest BCUT2D eigenvalue weighted by atomic mass is 32.2. The molecule has 8 heteroatoms. The second kappa shape index (κ2) is 7.55. The van der Waals surface area contributed by atoms with Crippen LogP contribution in [0.5, 0.6) is 0 Å². The van der Waals surface area contributed by atoms with Crippen molar-refractivity contribution in [2.45, 2.75) is 30.2 Å². The van der Waals surface area contributed by atoms with Crippen molar-refractivity contribution >= 4 is 27.5 Å². The molecule has 6 nitrogen and oxygen atoms in total. The first-order valence-electron chi connectivity index (χ1n) is 7.51. The largest absolute Gasteiger partial charge is 0.271 e. The molecule has 0 saturated carbocycles. The summed E-state index contributed by atoms with van der Waals surface area (Å²) in [5, 5.41) is 11.1. The zero-order chi connectivity index (χ0) is 18.8. The maximum absolute atomic E-state index is 12.9. The van der Waals surface area contributed by atoms with Gasteiger partial charge in [0.2, 0.25) is 10.0 Å². The fourth-order valence-corrected chi connectivity index (χ4v) is 4.30. The maximum atomic E-state index is 12.9. The number of non-ortho nitro benzene ring substituents is 1. The molecule has 0 fully saturated rings. The van der Waals surface area contributed by atoms with E-state index in [1.54, 1.807) is 25.6 Å². The summed E-state index contributed by atoms with van der Waals surface area (Å²) in [7, 11) is -2.36. The van der Waals surface area contributed by atoms with Crippen molar-refractivity contribution in [3.8, 4) is 0 Å². The van der Waals surface area contributed by atoms with E-state index in [-0.39, 0.29) is 17.1 Å². The minimum absolute atomic E-state index is 0.0255. The minimum Gasteiger partial charge on any atom is -0.258 e. The lowest BCUT2D eigenvalue weighted by Crippen LogP contribution is -2.27. The molecule has 0 unspecified atom stereocenters. The van der Waals surface area contributed by atoms with Gasteiger partial charge >= 0.3 is 0 Å². The van der Waals surface area contributed by atoms with Gasteiger partial charge < -0.3 is 0 Å². The molecule has 0 aliphatic carbocycles. The van der Waals surface area contributed by atoms with Gasteiger partial charge in [-0.1, -0.05) is 12.1 Å². The normalized spacial score (nSPS) is 11.7. The number of hydrogen-bond acceptors (Lipinski definition) is 5. The maximum Gasteiger partial charge on any atom is 0.271 e. The molecule has 0 atom stereocenters. The van der Waals surface area contributed by atoms with E-state index in [1.165, 1.54) is 17.4 Å². The number of aryl methyl sites for hydroxylation is 1. The van der Waals surface area contributed by atoms with Gasteiger partial charge in [0.15, 0.2) is 0 Å². The van der Waals surface area contributed by atoms with E-state index in [0.29, 0.717) is 11.1 Å². The van der Waals surface area contributed by atoms with Gasteiger partial charge in [-0.3, -0.25) is 10.1 Å². The van der Waals surface area contributed by atoms with E-state index in [2.05, 4.69) is 0 Å². The summed E-state index contributed by atoms with van der Waals surface area (Å²) in [5.41, 5.74) is 1.73. The van der Waals surface area contributed by atoms with E-state index in [0.717, 1.165) is 16.5 Å². The van der Waals surface area contributed by atoms with Crippen LogP contribution in [0.15, 0.2) is 46.2 Å². The second-order valence-corrected chi connectivity index (χ2v) is 8.65. The molecule has 0 N–H and O–H groups in total. The number of sulfonamides is 1. The molecule has 0 amide bonds. The van der Waals surface area contributed by atoms with Crippen LogP contribution >= 0.6 is 11.8 Å². The Balaban J connectivity index is 2.38. The number of thioether (sulfide) groups is 1. The van der Waals surface area contributed by atoms with Gasteiger partial charge in [-0.2, -0.15) is 4.31 Å². The van der Waals surface area contributed by atoms with E-state index in [4.69, 9.17) is 0 Å². The van der Waals surface area contributed by atoms with E-state index in [1.807, 2.05) is 30.5 Å². The van der Waals surface area contributed by atoms with Gasteiger partial charge in [-0.15, -0.1) is 11.8 Å². The van der Waals surface area contributed by atoms with E-state index in [9.17, 15) is 18.5 Å². The molecule has 0 saturated heterocycles. The fraction of sp³-hybridized carbons (Fsp3) is 0.294. The van der Waals surface area contributed by atoms with Gasteiger partial charge in [0.25, 0.3) is 5.69 Å². The van der Waals surface area contributed by atoms with Crippen LogP contribution < -0.4 is 0 Å². The lowest BCUT2D eigenvalue weighted by molar-refractivity contribution is -0.385. The molecule has 0 aliphatic heterocycles. The molecule has 0 bridgehead atoms. The monoisotopic (exact) mass is 380 g/mol. The summed E-state index contributed by atoms with van der Waals surface area (Å²) in [5.74, 6) is 0. The Morgan fingerprint density at radius 3 is 2.28 bits per heavy atom. The topological polar surface area (TPSA) is 80.5 Å². The molecule has 0 spiro atoms. The van der Waals surface area contributed by atoms with Crippen molar-refractivity contribution in [3.63, 3.8) is 0 Å². The average Bonchev–Trinajstić information content (AvgIpc) is 2.57. The lowest BCUT2D eigenvalue weighted by Gasteiger charge is -2.19. The molecule has 134 valence electrons. The summed E-state index contributed by atoms with van der Waals surface area (Å²) in [6, 6.07) is 10.1. The number of nitro groups is 1. The molecule has 2 aromatic carbocycles.